The Morgan fingerprint density at radius 2 is 1.68 bits per heavy atom. The van der Waals surface area contributed by atoms with Gasteiger partial charge in [0.2, 0.25) is 0 Å². The molecule has 0 aliphatic carbocycles. The van der Waals surface area contributed by atoms with E-state index in [-0.39, 0.29) is 0 Å². The average Bonchev–Trinajstić information content (AvgIpc) is 2.67. The van der Waals surface area contributed by atoms with Crippen LogP contribution < -0.4 is 4.90 Å². The molecule has 0 fully saturated rings. The topological polar surface area (TPSA) is 36.4 Å². The fraction of sp³-hybridized carbons (Fsp3) is 0.227. The second-order valence-corrected chi connectivity index (χ2v) is 6.66. The minimum Gasteiger partial charge on any atom is -0.384 e. The molecule has 3 aromatic rings. The van der Waals surface area contributed by atoms with E-state index in [0.29, 0.717) is 0 Å². The van der Waals surface area contributed by atoms with Crippen LogP contribution in [0.3, 0.4) is 0 Å². The largest absolute Gasteiger partial charge is 0.384 e. The zero-order valence-corrected chi connectivity index (χ0v) is 14.4. The van der Waals surface area contributed by atoms with E-state index < -0.39 is 6.10 Å². The van der Waals surface area contributed by atoms with Gasteiger partial charge in [-0.15, -0.1) is 0 Å². The number of benzene rings is 2. The van der Waals surface area contributed by atoms with Crippen LogP contribution in [0.5, 0.6) is 0 Å². The van der Waals surface area contributed by atoms with Gasteiger partial charge in [0.1, 0.15) is 11.9 Å². The SMILES string of the molecule is Cc1cc([C@H](O)c2ccccc2)cnc1N1CCc2ccccc2C1. The standard InChI is InChI=1S/C22H22N2O/c1-16-13-20(21(25)18-8-3-2-4-9-18)14-23-22(16)24-12-11-17-7-5-6-10-19(17)15-24/h2-10,13-14,21,25H,11-12,15H2,1H3/t21-/m1/s1. The number of aryl methyl sites for hydroxylation is 1. The normalized spacial score (nSPS) is 14.9. The highest BCUT2D eigenvalue weighted by Crippen LogP contribution is 2.28. The lowest BCUT2D eigenvalue weighted by Gasteiger charge is -2.31. The minimum atomic E-state index is -0.636. The molecule has 0 bridgehead atoms. The highest BCUT2D eigenvalue weighted by molar-refractivity contribution is 5.51. The minimum absolute atomic E-state index is 0.636. The molecule has 3 heteroatoms. The number of nitrogens with zero attached hydrogens (tertiary/aromatic N) is 2. The Labute approximate surface area is 148 Å². The van der Waals surface area contributed by atoms with Gasteiger partial charge >= 0.3 is 0 Å². The molecule has 2 aromatic carbocycles. The van der Waals surface area contributed by atoms with Crippen LogP contribution in [0, 0.1) is 6.92 Å². The molecule has 0 spiro atoms. The van der Waals surface area contributed by atoms with Gasteiger partial charge in [-0.1, -0.05) is 54.6 Å². The molecule has 25 heavy (non-hydrogen) atoms. The molecule has 1 N–H and O–H groups in total. The van der Waals surface area contributed by atoms with Crippen molar-refractivity contribution in [3.05, 3.63) is 94.7 Å². The Morgan fingerprint density at radius 1 is 0.960 bits per heavy atom. The summed E-state index contributed by atoms with van der Waals surface area (Å²) in [7, 11) is 0. The molecule has 1 atom stereocenters. The molecule has 0 amide bonds. The third-order valence-corrected chi connectivity index (χ3v) is 4.93. The van der Waals surface area contributed by atoms with Crippen molar-refractivity contribution in [2.24, 2.45) is 0 Å². The number of hydrogen-bond acceptors (Lipinski definition) is 3. The molecular weight excluding hydrogens is 308 g/mol. The maximum atomic E-state index is 10.6. The van der Waals surface area contributed by atoms with Gasteiger partial charge in [0.05, 0.1) is 0 Å². The van der Waals surface area contributed by atoms with Crippen LogP contribution in [0.15, 0.2) is 66.9 Å². The number of pyridine rings is 1. The van der Waals surface area contributed by atoms with Crippen LogP contribution >= 0.6 is 0 Å². The molecule has 0 radical (unpaired) electrons. The Kier molecular flexibility index (Phi) is 4.24. The molecule has 4 rings (SSSR count). The van der Waals surface area contributed by atoms with Crippen molar-refractivity contribution in [3.8, 4) is 0 Å². The highest BCUT2D eigenvalue weighted by atomic mass is 16.3. The molecule has 1 aliphatic heterocycles. The van der Waals surface area contributed by atoms with Crippen LogP contribution in [-0.2, 0) is 13.0 Å². The summed E-state index contributed by atoms with van der Waals surface area (Å²) in [6.07, 6.45) is 2.22. The lowest BCUT2D eigenvalue weighted by atomic mass is 9.99. The van der Waals surface area contributed by atoms with Gasteiger partial charge in [0.15, 0.2) is 0 Å². The Hall–Kier alpha value is -2.65. The van der Waals surface area contributed by atoms with Gasteiger partial charge in [-0.2, -0.15) is 0 Å². The van der Waals surface area contributed by atoms with Crippen molar-refractivity contribution in [3.63, 3.8) is 0 Å². The maximum absolute atomic E-state index is 10.6. The molecule has 0 saturated heterocycles. The average molecular weight is 330 g/mol. The van der Waals surface area contributed by atoms with Crippen LogP contribution in [0.2, 0.25) is 0 Å². The predicted octanol–water partition coefficient (Wildman–Crippen LogP) is 4.03. The summed E-state index contributed by atoms with van der Waals surface area (Å²) in [6.45, 7) is 3.94. The summed E-state index contributed by atoms with van der Waals surface area (Å²) in [4.78, 5) is 7.02. The first-order chi connectivity index (χ1) is 12.2. The summed E-state index contributed by atoms with van der Waals surface area (Å²) < 4.78 is 0. The van der Waals surface area contributed by atoms with Crippen LogP contribution in [0.4, 0.5) is 5.82 Å². The van der Waals surface area contributed by atoms with Crippen molar-refractivity contribution in [2.75, 3.05) is 11.4 Å². The van der Waals surface area contributed by atoms with Crippen molar-refractivity contribution >= 4 is 5.82 Å². The number of fused-ring (bicyclic) bond motifs is 1. The Bertz CT molecular complexity index is 876. The van der Waals surface area contributed by atoms with Crippen molar-refractivity contribution in [1.29, 1.82) is 0 Å². The molecule has 1 aromatic heterocycles. The molecule has 3 nitrogen and oxygen atoms in total. The summed E-state index contributed by atoms with van der Waals surface area (Å²) in [5.74, 6) is 1.01. The molecule has 0 saturated carbocycles. The van der Waals surface area contributed by atoms with E-state index in [0.717, 1.165) is 42.0 Å². The van der Waals surface area contributed by atoms with Crippen molar-refractivity contribution in [2.45, 2.75) is 26.0 Å². The van der Waals surface area contributed by atoms with Gasteiger partial charge in [-0.25, -0.2) is 4.98 Å². The van der Waals surface area contributed by atoms with Gasteiger partial charge in [0.25, 0.3) is 0 Å². The second-order valence-electron chi connectivity index (χ2n) is 6.66. The molecular formula is C22H22N2O. The summed E-state index contributed by atoms with van der Waals surface area (Å²) in [5, 5.41) is 10.6. The van der Waals surface area contributed by atoms with Crippen molar-refractivity contribution in [1.82, 2.24) is 4.98 Å². The molecule has 1 aliphatic rings. The van der Waals surface area contributed by atoms with Crippen LogP contribution in [0.1, 0.15) is 33.9 Å². The lowest BCUT2D eigenvalue weighted by molar-refractivity contribution is 0.220. The quantitative estimate of drug-likeness (QED) is 0.787. The summed E-state index contributed by atoms with van der Waals surface area (Å²) >= 11 is 0. The monoisotopic (exact) mass is 330 g/mol. The zero-order valence-electron chi connectivity index (χ0n) is 14.4. The Morgan fingerprint density at radius 3 is 2.44 bits per heavy atom. The van der Waals surface area contributed by atoms with Gasteiger partial charge in [-0.3, -0.25) is 0 Å². The summed E-state index contributed by atoms with van der Waals surface area (Å²) in [5.41, 5.74) is 5.65. The number of anilines is 1. The first-order valence-electron chi connectivity index (χ1n) is 8.73. The molecule has 0 unspecified atom stereocenters. The molecule has 2 heterocycles. The van der Waals surface area contributed by atoms with E-state index >= 15 is 0 Å². The van der Waals surface area contributed by atoms with E-state index in [1.807, 2.05) is 30.3 Å². The fourth-order valence-electron chi connectivity index (χ4n) is 3.57. The summed E-state index contributed by atoms with van der Waals surface area (Å²) in [6, 6.07) is 20.4. The second kappa shape index (κ2) is 6.69. The van der Waals surface area contributed by atoms with Gasteiger partial charge < -0.3 is 10.0 Å². The number of aliphatic hydroxyl groups excluding tert-OH is 1. The maximum Gasteiger partial charge on any atom is 0.131 e. The van der Waals surface area contributed by atoms with E-state index in [1.54, 1.807) is 6.20 Å². The zero-order chi connectivity index (χ0) is 17.2. The van der Waals surface area contributed by atoms with Gasteiger partial charge in [-0.05, 0) is 41.7 Å². The third kappa shape index (κ3) is 3.15. The lowest BCUT2D eigenvalue weighted by Crippen LogP contribution is -2.31. The van der Waals surface area contributed by atoms with Crippen LogP contribution in [0.25, 0.3) is 0 Å². The smallest absolute Gasteiger partial charge is 0.131 e. The van der Waals surface area contributed by atoms with Crippen LogP contribution in [-0.4, -0.2) is 16.6 Å². The number of hydrogen-bond donors (Lipinski definition) is 1. The molecule has 126 valence electrons. The van der Waals surface area contributed by atoms with E-state index in [1.165, 1.54) is 11.1 Å². The Balaban J connectivity index is 1.59. The van der Waals surface area contributed by atoms with E-state index in [9.17, 15) is 5.11 Å². The number of aliphatic hydroxyl groups is 1. The van der Waals surface area contributed by atoms with Crippen molar-refractivity contribution < 1.29 is 5.11 Å². The van der Waals surface area contributed by atoms with E-state index in [2.05, 4.69) is 47.1 Å². The van der Waals surface area contributed by atoms with Gasteiger partial charge in [0, 0.05) is 24.8 Å². The fourth-order valence-corrected chi connectivity index (χ4v) is 3.57. The highest BCUT2D eigenvalue weighted by Gasteiger charge is 2.19. The van der Waals surface area contributed by atoms with E-state index in [4.69, 9.17) is 0 Å². The third-order valence-electron chi connectivity index (χ3n) is 4.93. The number of aromatic nitrogens is 1. The predicted molar refractivity (Wildman–Crippen MR) is 101 cm³/mol. The first-order valence-corrected chi connectivity index (χ1v) is 8.73. The first kappa shape index (κ1) is 15.9. The number of rotatable bonds is 3.